The van der Waals surface area contributed by atoms with Crippen LogP contribution in [0.5, 0.6) is 5.75 Å². The molecular formula is C15H18O2. The summed E-state index contributed by atoms with van der Waals surface area (Å²) in [6, 6.07) is 5.77. The van der Waals surface area contributed by atoms with Crippen molar-refractivity contribution in [1.29, 1.82) is 0 Å². The number of methoxy groups -OCH3 is 1. The Balaban J connectivity index is 0.000000686. The largest absolute Gasteiger partial charge is 0.493 e. The Morgan fingerprint density at radius 1 is 1.18 bits per heavy atom. The van der Waals surface area contributed by atoms with Gasteiger partial charge in [0.1, 0.15) is 5.76 Å². The Morgan fingerprint density at radius 2 is 1.88 bits per heavy atom. The maximum absolute atomic E-state index is 5.65. The molecule has 0 spiro atoms. The standard InChI is InChI=1S/C13H12O2.C2H6/c1-4-9-10-7-6-8-12(14-3)13(10)15-11(9)5-2;1-2/h4-8H,1-2H2,3H3;1-2H3. The number of rotatable bonds is 3. The summed E-state index contributed by atoms with van der Waals surface area (Å²) >= 11 is 0. The molecule has 0 radical (unpaired) electrons. The van der Waals surface area contributed by atoms with Crippen LogP contribution < -0.4 is 4.74 Å². The first-order valence-corrected chi connectivity index (χ1v) is 5.66. The summed E-state index contributed by atoms with van der Waals surface area (Å²) in [5.74, 6) is 1.45. The van der Waals surface area contributed by atoms with Crippen molar-refractivity contribution in [3.8, 4) is 5.75 Å². The summed E-state index contributed by atoms with van der Waals surface area (Å²) in [6.07, 6.45) is 3.44. The van der Waals surface area contributed by atoms with Crippen LogP contribution in [0.2, 0.25) is 0 Å². The van der Waals surface area contributed by atoms with E-state index in [-0.39, 0.29) is 0 Å². The average molecular weight is 230 g/mol. The van der Waals surface area contributed by atoms with E-state index >= 15 is 0 Å². The van der Waals surface area contributed by atoms with E-state index in [2.05, 4.69) is 13.2 Å². The Hall–Kier alpha value is -1.96. The fourth-order valence-corrected chi connectivity index (χ4v) is 1.65. The topological polar surface area (TPSA) is 22.4 Å². The second-order valence-electron chi connectivity index (χ2n) is 3.13. The highest BCUT2D eigenvalue weighted by Crippen LogP contribution is 2.33. The molecule has 0 amide bonds. The van der Waals surface area contributed by atoms with Gasteiger partial charge in [0.2, 0.25) is 0 Å². The van der Waals surface area contributed by atoms with Crippen LogP contribution in [0.15, 0.2) is 35.8 Å². The van der Waals surface area contributed by atoms with Crippen LogP contribution in [0.4, 0.5) is 0 Å². The number of para-hydroxylation sites is 1. The van der Waals surface area contributed by atoms with E-state index in [1.165, 1.54) is 0 Å². The van der Waals surface area contributed by atoms with Crippen molar-refractivity contribution in [2.24, 2.45) is 0 Å². The molecule has 1 aromatic carbocycles. The Bertz CT molecular complexity index is 521. The molecule has 0 aliphatic carbocycles. The first-order valence-electron chi connectivity index (χ1n) is 5.66. The van der Waals surface area contributed by atoms with E-state index in [1.807, 2.05) is 32.0 Å². The van der Waals surface area contributed by atoms with Crippen LogP contribution in [0.3, 0.4) is 0 Å². The van der Waals surface area contributed by atoms with Crippen molar-refractivity contribution in [1.82, 2.24) is 0 Å². The highest BCUT2D eigenvalue weighted by atomic mass is 16.5. The average Bonchev–Trinajstić information content (AvgIpc) is 2.78. The molecule has 0 bridgehead atoms. The van der Waals surface area contributed by atoms with Crippen LogP contribution in [0, 0.1) is 0 Å². The zero-order chi connectivity index (χ0) is 12.8. The molecule has 0 unspecified atom stereocenters. The third-order valence-corrected chi connectivity index (χ3v) is 2.36. The SMILES string of the molecule is C=Cc1oc2c(OC)cccc2c1C=C.CC. The van der Waals surface area contributed by atoms with Crippen molar-refractivity contribution in [2.75, 3.05) is 7.11 Å². The predicted octanol–water partition coefficient (Wildman–Crippen LogP) is 4.75. The van der Waals surface area contributed by atoms with Crippen molar-refractivity contribution in [3.63, 3.8) is 0 Å². The number of furan rings is 1. The Morgan fingerprint density at radius 3 is 2.41 bits per heavy atom. The number of hydrogen-bond donors (Lipinski definition) is 0. The van der Waals surface area contributed by atoms with Crippen molar-refractivity contribution < 1.29 is 9.15 Å². The molecule has 1 heterocycles. The molecule has 1 aromatic heterocycles. The normalized spacial score (nSPS) is 9.35. The van der Waals surface area contributed by atoms with Gasteiger partial charge >= 0.3 is 0 Å². The maximum Gasteiger partial charge on any atom is 0.177 e. The van der Waals surface area contributed by atoms with Gasteiger partial charge in [0, 0.05) is 10.9 Å². The van der Waals surface area contributed by atoms with E-state index in [0.29, 0.717) is 0 Å². The summed E-state index contributed by atoms with van der Waals surface area (Å²) in [5.41, 5.74) is 1.70. The molecule has 0 aliphatic heterocycles. The van der Waals surface area contributed by atoms with Crippen LogP contribution in [-0.2, 0) is 0 Å². The highest BCUT2D eigenvalue weighted by molar-refractivity contribution is 5.93. The van der Waals surface area contributed by atoms with E-state index in [4.69, 9.17) is 9.15 Å². The van der Waals surface area contributed by atoms with Crippen LogP contribution in [0.25, 0.3) is 23.1 Å². The fourth-order valence-electron chi connectivity index (χ4n) is 1.65. The monoisotopic (exact) mass is 230 g/mol. The van der Waals surface area contributed by atoms with Gasteiger partial charge < -0.3 is 9.15 Å². The predicted molar refractivity (Wildman–Crippen MR) is 74.3 cm³/mol. The quantitative estimate of drug-likeness (QED) is 0.759. The number of hydrogen-bond acceptors (Lipinski definition) is 2. The molecule has 0 fully saturated rings. The zero-order valence-corrected chi connectivity index (χ0v) is 10.6. The first kappa shape index (κ1) is 13.1. The Kier molecular flexibility index (Phi) is 4.58. The zero-order valence-electron chi connectivity index (χ0n) is 10.6. The van der Waals surface area contributed by atoms with Crippen LogP contribution in [-0.4, -0.2) is 7.11 Å². The lowest BCUT2D eigenvalue weighted by atomic mass is 10.1. The third kappa shape index (κ3) is 2.26. The highest BCUT2D eigenvalue weighted by Gasteiger charge is 2.12. The lowest BCUT2D eigenvalue weighted by molar-refractivity contribution is 0.410. The first-order chi connectivity index (χ1) is 8.31. The lowest BCUT2D eigenvalue weighted by Gasteiger charge is -1.98. The molecule has 0 saturated carbocycles. The van der Waals surface area contributed by atoms with E-state index in [0.717, 1.165) is 28.0 Å². The minimum atomic E-state index is 0.726. The van der Waals surface area contributed by atoms with Gasteiger partial charge in [-0.25, -0.2) is 0 Å². The molecule has 0 N–H and O–H groups in total. The van der Waals surface area contributed by atoms with Gasteiger partial charge in [-0.2, -0.15) is 0 Å². The van der Waals surface area contributed by atoms with Gasteiger partial charge in [0.05, 0.1) is 7.11 Å². The molecule has 0 saturated heterocycles. The third-order valence-electron chi connectivity index (χ3n) is 2.36. The molecular weight excluding hydrogens is 212 g/mol. The second kappa shape index (κ2) is 5.94. The lowest BCUT2D eigenvalue weighted by Crippen LogP contribution is -1.81. The van der Waals surface area contributed by atoms with E-state index in [1.54, 1.807) is 19.3 Å². The molecule has 2 heteroatoms. The number of fused-ring (bicyclic) bond motifs is 1. The van der Waals surface area contributed by atoms with Crippen molar-refractivity contribution >= 4 is 23.1 Å². The summed E-state index contributed by atoms with van der Waals surface area (Å²) in [4.78, 5) is 0. The van der Waals surface area contributed by atoms with Gasteiger partial charge in [0.25, 0.3) is 0 Å². The summed E-state index contributed by atoms with van der Waals surface area (Å²) in [5, 5.41) is 0.999. The van der Waals surface area contributed by atoms with Crippen LogP contribution >= 0.6 is 0 Å². The molecule has 0 atom stereocenters. The second-order valence-corrected chi connectivity index (χ2v) is 3.13. The molecule has 2 rings (SSSR count). The van der Waals surface area contributed by atoms with Gasteiger partial charge in [-0.1, -0.05) is 45.2 Å². The minimum Gasteiger partial charge on any atom is -0.493 e. The molecule has 0 aliphatic rings. The van der Waals surface area contributed by atoms with Crippen molar-refractivity contribution in [3.05, 3.63) is 42.7 Å². The number of ether oxygens (including phenoxy) is 1. The van der Waals surface area contributed by atoms with Gasteiger partial charge in [0.15, 0.2) is 11.3 Å². The summed E-state index contributed by atoms with van der Waals surface area (Å²) in [7, 11) is 1.62. The molecule has 17 heavy (non-hydrogen) atoms. The molecule has 90 valence electrons. The summed E-state index contributed by atoms with van der Waals surface area (Å²) in [6.45, 7) is 11.5. The van der Waals surface area contributed by atoms with Gasteiger partial charge in [-0.15, -0.1) is 0 Å². The Labute approximate surface area is 102 Å². The smallest absolute Gasteiger partial charge is 0.177 e. The van der Waals surface area contributed by atoms with Gasteiger partial charge in [-0.05, 0) is 12.1 Å². The minimum absolute atomic E-state index is 0.726. The van der Waals surface area contributed by atoms with Crippen LogP contribution in [0.1, 0.15) is 25.2 Å². The number of benzene rings is 1. The fraction of sp³-hybridized carbons (Fsp3) is 0.200. The van der Waals surface area contributed by atoms with Gasteiger partial charge in [-0.3, -0.25) is 0 Å². The van der Waals surface area contributed by atoms with E-state index < -0.39 is 0 Å². The van der Waals surface area contributed by atoms with E-state index in [9.17, 15) is 0 Å². The maximum atomic E-state index is 5.65. The molecule has 2 nitrogen and oxygen atoms in total. The summed E-state index contributed by atoms with van der Waals surface area (Å²) < 4.78 is 10.9. The van der Waals surface area contributed by atoms with Crippen molar-refractivity contribution in [2.45, 2.75) is 13.8 Å². The molecule has 2 aromatic rings.